The molecule has 0 aliphatic carbocycles. The fourth-order valence-corrected chi connectivity index (χ4v) is 6.49. The monoisotopic (exact) mass is 548 g/mol. The Morgan fingerprint density at radius 3 is 2.55 bits per heavy atom. The van der Waals surface area contributed by atoms with E-state index in [1.807, 2.05) is 19.9 Å². The van der Waals surface area contributed by atoms with Crippen molar-refractivity contribution in [3.05, 3.63) is 23.7 Å². The normalized spacial score (nSPS) is 27.3. The quantitative estimate of drug-likeness (QED) is 0.511. The predicted octanol–water partition coefficient (Wildman–Crippen LogP) is 1.39. The van der Waals surface area contributed by atoms with Crippen LogP contribution in [0.1, 0.15) is 38.4 Å². The maximum atomic E-state index is 15.7. The molecular formula is C23H26F2N8O4S. The van der Waals surface area contributed by atoms with Crippen LogP contribution in [-0.2, 0) is 20.0 Å². The number of piperazine rings is 1. The number of methoxy groups -OCH3 is 1. The first kappa shape index (κ1) is 26.0. The van der Waals surface area contributed by atoms with Gasteiger partial charge < -0.3 is 19.4 Å². The molecule has 5 heterocycles. The Kier molecular flexibility index (Phi) is 5.93. The molecule has 0 N–H and O–H groups in total. The van der Waals surface area contributed by atoms with Crippen LogP contribution >= 0.6 is 0 Å². The van der Waals surface area contributed by atoms with Crippen LogP contribution < -0.4 is 14.5 Å². The highest BCUT2D eigenvalue weighted by Crippen LogP contribution is 2.47. The molecule has 2 aromatic heterocycles. The van der Waals surface area contributed by atoms with Crippen molar-refractivity contribution in [3.63, 3.8) is 0 Å². The topological polar surface area (TPSA) is 146 Å². The van der Waals surface area contributed by atoms with Gasteiger partial charge in [0.1, 0.15) is 24.0 Å². The SMILES string of the molecule is COc1cc(N2CC(C)(C)c3c2ncnc3N2C[C@@H](C)N(C(=O)[C@]3(F)CCS3(=O)=O)C[C@@H]2F)nnc1C#N. The van der Waals surface area contributed by atoms with Crippen molar-refractivity contribution in [2.75, 3.05) is 42.3 Å². The van der Waals surface area contributed by atoms with E-state index in [0.717, 1.165) is 4.90 Å². The number of sulfone groups is 1. The number of carbonyl (C=O) groups is 1. The number of hydrogen-bond acceptors (Lipinski definition) is 11. The fourth-order valence-electron chi connectivity index (χ4n) is 5.21. The molecule has 12 nitrogen and oxygen atoms in total. The Labute approximate surface area is 218 Å². The van der Waals surface area contributed by atoms with Crippen molar-refractivity contribution in [3.8, 4) is 11.8 Å². The highest BCUT2D eigenvalue weighted by atomic mass is 32.2. The van der Waals surface area contributed by atoms with Crippen molar-refractivity contribution >= 4 is 33.2 Å². The van der Waals surface area contributed by atoms with Crippen LogP contribution in [0.4, 0.5) is 26.2 Å². The number of hydrogen-bond donors (Lipinski definition) is 0. The number of amides is 1. The Morgan fingerprint density at radius 1 is 1.24 bits per heavy atom. The van der Waals surface area contributed by atoms with Gasteiger partial charge in [0.25, 0.3) is 10.9 Å². The van der Waals surface area contributed by atoms with Crippen LogP contribution in [0.2, 0.25) is 0 Å². The van der Waals surface area contributed by atoms with Crippen molar-refractivity contribution in [2.24, 2.45) is 0 Å². The molecule has 38 heavy (non-hydrogen) atoms. The third kappa shape index (κ3) is 3.72. The summed E-state index contributed by atoms with van der Waals surface area (Å²) in [5, 5.41) is 14.3. The number of anilines is 3. The molecule has 2 fully saturated rings. The van der Waals surface area contributed by atoms with Crippen LogP contribution in [0.5, 0.6) is 5.75 Å². The molecule has 0 unspecified atom stereocenters. The van der Waals surface area contributed by atoms with E-state index in [9.17, 15) is 22.9 Å². The van der Waals surface area contributed by atoms with Crippen LogP contribution in [0.25, 0.3) is 0 Å². The molecule has 3 aliphatic heterocycles. The van der Waals surface area contributed by atoms with Crippen LogP contribution in [0.3, 0.4) is 0 Å². The summed E-state index contributed by atoms with van der Waals surface area (Å²) in [4.78, 5) is 25.8. The van der Waals surface area contributed by atoms with E-state index in [1.54, 1.807) is 17.9 Å². The average molecular weight is 549 g/mol. The van der Waals surface area contributed by atoms with Crippen LogP contribution in [0, 0.1) is 11.3 Å². The van der Waals surface area contributed by atoms with Gasteiger partial charge in [0.15, 0.2) is 27.7 Å². The lowest BCUT2D eigenvalue weighted by atomic mass is 9.87. The Bertz CT molecular complexity index is 1470. The lowest BCUT2D eigenvalue weighted by Gasteiger charge is -2.46. The molecule has 5 rings (SSSR count). The van der Waals surface area contributed by atoms with E-state index in [0.29, 0.717) is 29.6 Å². The lowest BCUT2D eigenvalue weighted by Crippen LogP contribution is -2.65. The molecule has 0 saturated carbocycles. The molecule has 0 spiro atoms. The second-order valence-corrected chi connectivity index (χ2v) is 12.6. The number of aromatic nitrogens is 4. The zero-order chi connectivity index (χ0) is 27.6. The minimum absolute atomic E-state index is 0.0322. The summed E-state index contributed by atoms with van der Waals surface area (Å²) in [7, 11) is -2.78. The number of halogens is 2. The van der Waals surface area contributed by atoms with E-state index < -0.39 is 57.2 Å². The molecule has 1 amide bonds. The van der Waals surface area contributed by atoms with Gasteiger partial charge in [0.2, 0.25) is 5.69 Å². The van der Waals surface area contributed by atoms with Gasteiger partial charge in [-0.15, -0.1) is 10.2 Å². The number of ether oxygens (including phenoxy) is 1. The summed E-state index contributed by atoms with van der Waals surface area (Å²) in [6, 6.07) is 2.81. The zero-order valence-electron chi connectivity index (χ0n) is 21.2. The highest BCUT2D eigenvalue weighted by molar-refractivity contribution is 7.94. The van der Waals surface area contributed by atoms with E-state index in [2.05, 4.69) is 20.2 Å². The van der Waals surface area contributed by atoms with Crippen molar-refractivity contribution < 1.29 is 26.7 Å². The van der Waals surface area contributed by atoms with Gasteiger partial charge >= 0.3 is 0 Å². The van der Waals surface area contributed by atoms with Crippen molar-refractivity contribution in [1.82, 2.24) is 25.1 Å². The van der Waals surface area contributed by atoms with Gasteiger partial charge in [-0.2, -0.15) is 5.26 Å². The summed E-state index contributed by atoms with van der Waals surface area (Å²) in [5.74, 6) is -0.206. The second-order valence-electron chi connectivity index (χ2n) is 10.3. The second kappa shape index (κ2) is 8.69. The summed E-state index contributed by atoms with van der Waals surface area (Å²) in [5.41, 5.74) is 0.0984. The third-order valence-electron chi connectivity index (χ3n) is 7.36. The largest absolute Gasteiger partial charge is 0.493 e. The van der Waals surface area contributed by atoms with E-state index in [4.69, 9.17) is 4.74 Å². The number of carbonyl (C=O) groups excluding carboxylic acids is 1. The van der Waals surface area contributed by atoms with Gasteiger partial charge in [0, 0.05) is 42.6 Å². The standard InChI is InChI=1S/C23H26F2N8O4S/c1-13-9-32(16(24)10-31(13)21(34)23(25)5-6-38(23,35)36)19-18-20(28-12-27-19)33(11-22(18,2)3)17-7-15(37-4)14(8-26)29-30-17/h7,12-13,16H,5-6,9-11H2,1-4H3/t13-,16-,23+/m1/s1. The lowest BCUT2D eigenvalue weighted by molar-refractivity contribution is -0.144. The molecule has 202 valence electrons. The van der Waals surface area contributed by atoms with E-state index in [1.165, 1.54) is 18.3 Å². The van der Waals surface area contributed by atoms with Gasteiger partial charge in [-0.3, -0.25) is 4.79 Å². The maximum absolute atomic E-state index is 15.7. The minimum atomic E-state index is -4.20. The molecule has 15 heteroatoms. The molecule has 0 aromatic carbocycles. The molecular weight excluding hydrogens is 522 g/mol. The molecule has 2 aromatic rings. The molecule has 3 aliphatic rings. The molecule has 0 radical (unpaired) electrons. The van der Waals surface area contributed by atoms with Crippen molar-refractivity contribution in [1.29, 1.82) is 5.26 Å². The fraction of sp³-hybridized carbons (Fsp3) is 0.565. The average Bonchev–Trinajstić information content (AvgIpc) is 3.18. The summed E-state index contributed by atoms with van der Waals surface area (Å²) in [6.07, 6.45) is -0.895. The first-order valence-corrected chi connectivity index (χ1v) is 13.6. The highest BCUT2D eigenvalue weighted by Gasteiger charge is 2.61. The summed E-state index contributed by atoms with van der Waals surface area (Å²) in [6.45, 7) is 5.35. The molecule has 2 saturated heterocycles. The number of nitrogens with zero attached hydrogens (tertiary/aromatic N) is 8. The van der Waals surface area contributed by atoms with E-state index >= 15 is 4.39 Å². The predicted molar refractivity (Wildman–Crippen MR) is 131 cm³/mol. The van der Waals surface area contributed by atoms with Gasteiger partial charge in [-0.05, 0) is 6.92 Å². The van der Waals surface area contributed by atoms with Gasteiger partial charge in [0.05, 0.1) is 19.4 Å². The zero-order valence-corrected chi connectivity index (χ0v) is 22.0. The third-order valence-corrected chi connectivity index (χ3v) is 9.46. The first-order valence-electron chi connectivity index (χ1n) is 11.9. The van der Waals surface area contributed by atoms with Crippen LogP contribution in [0.15, 0.2) is 12.4 Å². The van der Waals surface area contributed by atoms with Gasteiger partial charge in [-0.25, -0.2) is 27.2 Å². The summed E-state index contributed by atoms with van der Waals surface area (Å²) < 4.78 is 59.8. The Balaban J connectivity index is 1.48. The first-order chi connectivity index (χ1) is 17.8. The van der Waals surface area contributed by atoms with Crippen LogP contribution in [-0.4, -0.2) is 89.2 Å². The van der Waals surface area contributed by atoms with Crippen molar-refractivity contribution in [2.45, 2.75) is 49.9 Å². The van der Waals surface area contributed by atoms with Gasteiger partial charge in [-0.1, -0.05) is 13.8 Å². The van der Waals surface area contributed by atoms with E-state index in [-0.39, 0.29) is 18.0 Å². The number of rotatable bonds is 4. The molecule has 0 bridgehead atoms. The minimum Gasteiger partial charge on any atom is -0.493 e. The maximum Gasteiger partial charge on any atom is 0.288 e. The number of nitriles is 1. The Morgan fingerprint density at radius 2 is 1.95 bits per heavy atom. The summed E-state index contributed by atoms with van der Waals surface area (Å²) >= 11 is 0. The smallest absolute Gasteiger partial charge is 0.288 e. The Hall–Kier alpha value is -3.67. The number of alkyl halides is 2. The molecule has 3 atom stereocenters. The number of fused-ring (bicyclic) bond motifs is 1.